The molecule has 3 rings (SSSR count). The summed E-state index contributed by atoms with van der Waals surface area (Å²) in [5.41, 5.74) is 1.22. The van der Waals surface area contributed by atoms with Gasteiger partial charge in [-0.1, -0.05) is 25.3 Å². The molecule has 0 unspecified atom stereocenters. The summed E-state index contributed by atoms with van der Waals surface area (Å²) in [6.45, 7) is 2.11. The molecule has 2 aromatic rings. The Morgan fingerprint density at radius 2 is 1.88 bits per heavy atom. The molecule has 0 atom stereocenters. The average molecular weight is 356 g/mol. The van der Waals surface area contributed by atoms with Crippen LogP contribution in [0.5, 0.6) is 0 Å². The fraction of sp³-hybridized carbons (Fsp3) is 0.500. The van der Waals surface area contributed by atoms with Crippen molar-refractivity contribution >= 4 is 23.2 Å². The average Bonchev–Trinajstić information content (AvgIpc) is 3.07. The van der Waals surface area contributed by atoms with Gasteiger partial charge in [0.05, 0.1) is 6.54 Å². The van der Waals surface area contributed by atoms with E-state index >= 15 is 0 Å². The van der Waals surface area contributed by atoms with Gasteiger partial charge in [-0.25, -0.2) is 4.68 Å². The van der Waals surface area contributed by atoms with E-state index in [4.69, 9.17) is 0 Å². The van der Waals surface area contributed by atoms with Crippen LogP contribution >= 0.6 is 0 Å². The second-order valence-corrected chi connectivity index (χ2v) is 7.06. The second kappa shape index (κ2) is 8.07. The van der Waals surface area contributed by atoms with Crippen LogP contribution in [0.2, 0.25) is 0 Å². The number of aromatic nitrogens is 4. The second-order valence-electron chi connectivity index (χ2n) is 7.06. The Morgan fingerprint density at radius 1 is 1.15 bits per heavy atom. The molecular formula is C18H24N6O2. The van der Waals surface area contributed by atoms with E-state index in [1.807, 2.05) is 6.07 Å². The van der Waals surface area contributed by atoms with Gasteiger partial charge in [0.25, 0.3) is 0 Å². The number of amides is 2. The molecule has 1 saturated carbocycles. The highest BCUT2D eigenvalue weighted by atomic mass is 16.2. The van der Waals surface area contributed by atoms with Gasteiger partial charge < -0.3 is 10.6 Å². The van der Waals surface area contributed by atoms with Crippen molar-refractivity contribution < 1.29 is 9.59 Å². The first-order chi connectivity index (χ1) is 12.5. The molecule has 2 N–H and O–H groups in total. The molecule has 8 nitrogen and oxygen atoms in total. The lowest BCUT2D eigenvalue weighted by atomic mass is 9.71. The molecule has 2 amide bonds. The van der Waals surface area contributed by atoms with E-state index < -0.39 is 0 Å². The molecule has 0 saturated heterocycles. The van der Waals surface area contributed by atoms with Crippen molar-refractivity contribution in [2.75, 3.05) is 10.6 Å². The first-order valence-corrected chi connectivity index (χ1v) is 8.93. The van der Waals surface area contributed by atoms with E-state index in [0.29, 0.717) is 24.3 Å². The largest absolute Gasteiger partial charge is 0.326 e. The van der Waals surface area contributed by atoms with Crippen molar-refractivity contribution in [2.24, 2.45) is 5.41 Å². The normalized spacial score (nSPS) is 16.0. The third-order valence-corrected chi connectivity index (χ3v) is 4.81. The summed E-state index contributed by atoms with van der Waals surface area (Å²) in [5.74, 6) is -0.170. The zero-order valence-electron chi connectivity index (χ0n) is 14.9. The fourth-order valence-electron chi connectivity index (χ4n) is 3.71. The van der Waals surface area contributed by atoms with Gasteiger partial charge in [0, 0.05) is 24.7 Å². The SMILES string of the molecule is CC(=O)Nc1cccc(NC(=O)CC2(Cn3cnnn3)CCCCC2)c1. The van der Waals surface area contributed by atoms with E-state index in [1.54, 1.807) is 29.2 Å². The molecule has 1 aliphatic rings. The number of hydrogen-bond acceptors (Lipinski definition) is 5. The van der Waals surface area contributed by atoms with E-state index in [2.05, 4.69) is 26.2 Å². The number of hydrogen-bond donors (Lipinski definition) is 2. The molecule has 0 bridgehead atoms. The molecule has 1 aromatic heterocycles. The van der Waals surface area contributed by atoms with Gasteiger partial charge in [-0.2, -0.15) is 0 Å². The summed E-state index contributed by atoms with van der Waals surface area (Å²) < 4.78 is 1.72. The fourth-order valence-corrected chi connectivity index (χ4v) is 3.71. The van der Waals surface area contributed by atoms with Gasteiger partial charge in [0.15, 0.2) is 0 Å². The van der Waals surface area contributed by atoms with Crippen molar-refractivity contribution in [3.05, 3.63) is 30.6 Å². The maximum absolute atomic E-state index is 12.7. The van der Waals surface area contributed by atoms with Crippen molar-refractivity contribution in [1.29, 1.82) is 0 Å². The Labute approximate surface area is 152 Å². The minimum absolute atomic E-state index is 0.0278. The predicted octanol–water partition coefficient (Wildman–Crippen LogP) is 2.61. The summed E-state index contributed by atoms with van der Waals surface area (Å²) >= 11 is 0. The Morgan fingerprint density at radius 3 is 2.54 bits per heavy atom. The molecule has 1 heterocycles. The predicted molar refractivity (Wildman–Crippen MR) is 97.3 cm³/mol. The lowest BCUT2D eigenvalue weighted by Crippen LogP contribution is -2.34. The van der Waals surface area contributed by atoms with Crippen LogP contribution in [0.3, 0.4) is 0 Å². The van der Waals surface area contributed by atoms with Gasteiger partial charge in [-0.05, 0) is 46.9 Å². The Bertz CT molecular complexity index is 753. The highest BCUT2D eigenvalue weighted by Crippen LogP contribution is 2.40. The third kappa shape index (κ3) is 4.87. The van der Waals surface area contributed by atoms with Crippen molar-refractivity contribution in [3.8, 4) is 0 Å². The lowest BCUT2D eigenvalue weighted by molar-refractivity contribution is -0.119. The van der Waals surface area contributed by atoms with Crippen molar-refractivity contribution in [1.82, 2.24) is 20.2 Å². The standard InChI is InChI=1S/C18H24N6O2/c1-14(25)20-15-6-5-7-16(10-15)21-17(26)11-18(8-3-2-4-9-18)12-24-13-19-22-23-24/h5-7,10,13H,2-4,8-9,11-12H2,1H3,(H,20,25)(H,21,26). The number of rotatable bonds is 6. The molecule has 138 valence electrons. The van der Waals surface area contributed by atoms with Crippen LogP contribution in [0.4, 0.5) is 11.4 Å². The Kier molecular flexibility index (Phi) is 5.60. The minimum Gasteiger partial charge on any atom is -0.326 e. The summed E-state index contributed by atoms with van der Waals surface area (Å²) in [6.07, 6.45) is 7.46. The lowest BCUT2D eigenvalue weighted by Gasteiger charge is -2.36. The number of nitrogens with zero attached hydrogens (tertiary/aromatic N) is 4. The van der Waals surface area contributed by atoms with Gasteiger partial charge in [-0.15, -0.1) is 5.10 Å². The van der Waals surface area contributed by atoms with Crippen LogP contribution in [0.25, 0.3) is 0 Å². The molecule has 0 spiro atoms. The summed E-state index contributed by atoms with van der Waals surface area (Å²) in [6, 6.07) is 7.17. The maximum atomic E-state index is 12.7. The number of nitrogens with one attached hydrogen (secondary N) is 2. The van der Waals surface area contributed by atoms with Crippen LogP contribution in [0.1, 0.15) is 45.4 Å². The quantitative estimate of drug-likeness (QED) is 0.828. The molecule has 1 fully saturated rings. The molecule has 1 aromatic carbocycles. The molecule has 1 aliphatic carbocycles. The van der Waals surface area contributed by atoms with E-state index in [-0.39, 0.29) is 17.2 Å². The van der Waals surface area contributed by atoms with Gasteiger partial charge in [-0.3, -0.25) is 9.59 Å². The van der Waals surface area contributed by atoms with E-state index in [0.717, 1.165) is 25.7 Å². The minimum atomic E-state index is -0.143. The van der Waals surface area contributed by atoms with Crippen LogP contribution in [0.15, 0.2) is 30.6 Å². The number of benzene rings is 1. The van der Waals surface area contributed by atoms with E-state index in [1.165, 1.54) is 13.3 Å². The highest BCUT2D eigenvalue weighted by Gasteiger charge is 2.35. The number of carbonyl (C=O) groups is 2. The first kappa shape index (κ1) is 18.0. The summed E-state index contributed by atoms with van der Waals surface area (Å²) in [5, 5.41) is 17.0. The monoisotopic (exact) mass is 356 g/mol. The molecule has 0 radical (unpaired) electrons. The van der Waals surface area contributed by atoms with E-state index in [9.17, 15) is 9.59 Å². The van der Waals surface area contributed by atoms with Crippen LogP contribution in [-0.4, -0.2) is 32.0 Å². The van der Waals surface area contributed by atoms with Crippen LogP contribution < -0.4 is 10.6 Å². The Balaban J connectivity index is 1.67. The zero-order chi connectivity index (χ0) is 18.4. The van der Waals surface area contributed by atoms with Crippen LogP contribution in [0, 0.1) is 5.41 Å². The van der Waals surface area contributed by atoms with Crippen molar-refractivity contribution in [2.45, 2.75) is 52.0 Å². The van der Waals surface area contributed by atoms with Gasteiger partial charge in [0.1, 0.15) is 6.33 Å². The Hall–Kier alpha value is -2.77. The number of anilines is 2. The molecular weight excluding hydrogens is 332 g/mol. The maximum Gasteiger partial charge on any atom is 0.225 e. The third-order valence-electron chi connectivity index (χ3n) is 4.81. The molecule has 0 aliphatic heterocycles. The van der Waals surface area contributed by atoms with Crippen molar-refractivity contribution in [3.63, 3.8) is 0 Å². The first-order valence-electron chi connectivity index (χ1n) is 8.93. The summed E-state index contributed by atoms with van der Waals surface area (Å²) in [4.78, 5) is 23.9. The van der Waals surface area contributed by atoms with Crippen LogP contribution in [-0.2, 0) is 16.1 Å². The van der Waals surface area contributed by atoms with Gasteiger partial charge >= 0.3 is 0 Å². The number of tetrazole rings is 1. The smallest absolute Gasteiger partial charge is 0.225 e. The zero-order valence-corrected chi connectivity index (χ0v) is 14.9. The topological polar surface area (TPSA) is 102 Å². The molecule has 26 heavy (non-hydrogen) atoms. The number of carbonyl (C=O) groups excluding carboxylic acids is 2. The summed E-state index contributed by atoms with van der Waals surface area (Å²) in [7, 11) is 0. The van der Waals surface area contributed by atoms with Gasteiger partial charge in [0.2, 0.25) is 11.8 Å². The molecule has 8 heteroatoms. The highest BCUT2D eigenvalue weighted by molar-refractivity contribution is 5.93.